The molecule has 1 N–H and O–H groups in total. The van der Waals surface area contributed by atoms with Crippen LogP contribution in [0.15, 0.2) is 24.4 Å². The molecule has 15 heavy (non-hydrogen) atoms. The van der Waals surface area contributed by atoms with Crippen molar-refractivity contribution in [3.8, 4) is 6.07 Å². The van der Waals surface area contributed by atoms with Crippen molar-refractivity contribution in [1.29, 1.82) is 5.26 Å². The van der Waals surface area contributed by atoms with E-state index in [1.54, 1.807) is 6.20 Å². The maximum Gasteiger partial charge on any atom is 0.0694 e. The minimum absolute atomic E-state index is 0.195. The van der Waals surface area contributed by atoms with Gasteiger partial charge in [-0.1, -0.05) is 6.07 Å². The number of hydrogen-bond donors (Lipinski definition) is 1. The van der Waals surface area contributed by atoms with Gasteiger partial charge < -0.3 is 5.32 Å². The van der Waals surface area contributed by atoms with Crippen molar-refractivity contribution in [1.82, 2.24) is 10.3 Å². The fraction of sp³-hybridized carbons (Fsp3) is 0.500. The van der Waals surface area contributed by atoms with E-state index in [0.717, 1.165) is 38.0 Å². The molecule has 2 rings (SSSR count). The van der Waals surface area contributed by atoms with Crippen LogP contribution in [0.1, 0.15) is 18.5 Å². The first-order valence-corrected chi connectivity index (χ1v) is 5.37. The normalized spacial score (nSPS) is 19.4. The van der Waals surface area contributed by atoms with E-state index in [1.165, 1.54) is 0 Å². The summed E-state index contributed by atoms with van der Waals surface area (Å²) in [5.41, 5.74) is 0.834. The highest BCUT2D eigenvalue weighted by atomic mass is 14.9. The molecule has 1 aliphatic rings. The molecule has 0 saturated carbocycles. The van der Waals surface area contributed by atoms with Crippen LogP contribution in [0.4, 0.5) is 0 Å². The highest BCUT2D eigenvalue weighted by Crippen LogP contribution is 2.31. The first-order valence-electron chi connectivity index (χ1n) is 5.37. The molecule has 0 aromatic carbocycles. The van der Waals surface area contributed by atoms with Crippen LogP contribution in [0.2, 0.25) is 0 Å². The molecule has 78 valence electrons. The Kier molecular flexibility index (Phi) is 2.98. The zero-order valence-electron chi connectivity index (χ0n) is 8.74. The summed E-state index contributed by atoms with van der Waals surface area (Å²) in [7, 11) is 0. The summed E-state index contributed by atoms with van der Waals surface area (Å²) in [5, 5.41) is 12.6. The van der Waals surface area contributed by atoms with E-state index in [1.807, 2.05) is 18.2 Å². The molecule has 0 spiro atoms. The molecule has 1 aromatic heterocycles. The first-order chi connectivity index (χ1) is 7.35. The third kappa shape index (κ3) is 2.34. The maximum atomic E-state index is 9.30. The van der Waals surface area contributed by atoms with Gasteiger partial charge in [0.15, 0.2) is 0 Å². The molecule has 0 amide bonds. The lowest BCUT2D eigenvalue weighted by Gasteiger charge is -2.30. The zero-order valence-corrected chi connectivity index (χ0v) is 8.74. The second kappa shape index (κ2) is 4.41. The first kappa shape index (κ1) is 10.1. The van der Waals surface area contributed by atoms with Crippen molar-refractivity contribution >= 4 is 0 Å². The smallest absolute Gasteiger partial charge is 0.0694 e. The SMILES string of the molecule is N#CC1(Cc2ccccn2)CCNCC1. The van der Waals surface area contributed by atoms with Gasteiger partial charge in [0.2, 0.25) is 0 Å². The Hall–Kier alpha value is -1.40. The molecule has 3 heteroatoms. The van der Waals surface area contributed by atoms with E-state index < -0.39 is 0 Å². The molecule has 0 radical (unpaired) electrons. The Morgan fingerprint density at radius 2 is 2.20 bits per heavy atom. The Bertz CT molecular complexity index is 347. The molecule has 1 fully saturated rings. The number of hydrogen-bond acceptors (Lipinski definition) is 3. The van der Waals surface area contributed by atoms with Gasteiger partial charge >= 0.3 is 0 Å². The van der Waals surface area contributed by atoms with Crippen LogP contribution in [0, 0.1) is 16.7 Å². The molecule has 0 aliphatic carbocycles. The second-order valence-corrected chi connectivity index (χ2v) is 4.14. The van der Waals surface area contributed by atoms with Crippen LogP contribution in [-0.4, -0.2) is 18.1 Å². The van der Waals surface area contributed by atoms with Crippen LogP contribution in [0.25, 0.3) is 0 Å². The predicted octanol–water partition coefficient (Wildman–Crippen LogP) is 1.52. The second-order valence-electron chi connectivity index (χ2n) is 4.14. The van der Waals surface area contributed by atoms with Gasteiger partial charge in [0.1, 0.15) is 0 Å². The van der Waals surface area contributed by atoms with Crippen molar-refractivity contribution in [2.75, 3.05) is 13.1 Å². The van der Waals surface area contributed by atoms with Crippen molar-refractivity contribution in [3.05, 3.63) is 30.1 Å². The van der Waals surface area contributed by atoms with Gasteiger partial charge in [-0.3, -0.25) is 4.98 Å². The van der Waals surface area contributed by atoms with E-state index >= 15 is 0 Å². The minimum Gasteiger partial charge on any atom is -0.317 e. The van der Waals surface area contributed by atoms with Crippen molar-refractivity contribution in [2.24, 2.45) is 5.41 Å². The fourth-order valence-corrected chi connectivity index (χ4v) is 2.08. The molecule has 3 nitrogen and oxygen atoms in total. The van der Waals surface area contributed by atoms with Gasteiger partial charge in [-0.2, -0.15) is 5.26 Å². The van der Waals surface area contributed by atoms with E-state index in [0.29, 0.717) is 0 Å². The standard InChI is InChI=1S/C12H15N3/c13-10-12(4-7-14-8-5-12)9-11-3-1-2-6-15-11/h1-3,6,14H,4-5,7-9H2. The number of pyridine rings is 1. The monoisotopic (exact) mass is 201 g/mol. The number of nitrogens with one attached hydrogen (secondary N) is 1. The topological polar surface area (TPSA) is 48.7 Å². The quantitative estimate of drug-likeness (QED) is 0.789. The summed E-state index contributed by atoms with van der Waals surface area (Å²) in [6.45, 7) is 1.89. The van der Waals surface area contributed by atoms with Gasteiger partial charge in [0.25, 0.3) is 0 Å². The lowest BCUT2D eigenvalue weighted by molar-refractivity contribution is 0.278. The Labute approximate surface area is 90.1 Å². The molecular formula is C12H15N3. The van der Waals surface area contributed by atoms with Crippen LogP contribution in [0.5, 0.6) is 0 Å². The largest absolute Gasteiger partial charge is 0.317 e. The van der Waals surface area contributed by atoms with Crippen LogP contribution >= 0.6 is 0 Å². The van der Waals surface area contributed by atoms with Crippen LogP contribution in [-0.2, 0) is 6.42 Å². The van der Waals surface area contributed by atoms with Gasteiger partial charge in [-0.25, -0.2) is 0 Å². The van der Waals surface area contributed by atoms with Crippen molar-refractivity contribution < 1.29 is 0 Å². The summed E-state index contributed by atoms with van der Waals surface area (Å²) in [5.74, 6) is 0. The van der Waals surface area contributed by atoms with Gasteiger partial charge in [0.05, 0.1) is 11.5 Å². The highest BCUT2D eigenvalue weighted by Gasteiger charge is 2.32. The summed E-state index contributed by atoms with van der Waals surface area (Å²) in [6, 6.07) is 8.38. The van der Waals surface area contributed by atoms with Crippen molar-refractivity contribution in [3.63, 3.8) is 0 Å². The average molecular weight is 201 g/mol. The molecule has 0 unspecified atom stereocenters. The zero-order chi connectivity index (χ0) is 10.6. The Morgan fingerprint density at radius 3 is 2.80 bits per heavy atom. The summed E-state index contributed by atoms with van der Waals surface area (Å²) < 4.78 is 0. The number of piperidine rings is 1. The lowest BCUT2D eigenvalue weighted by atomic mass is 9.76. The third-order valence-corrected chi connectivity index (χ3v) is 3.04. The van der Waals surface area contributed by atoms with Crippen LogP contribution < -0.4 is 5.32 Å². The average Bonchev–Trinajstić information content (AvgIpc) is 2.32. The summed E-state index contributed by atoms with van der Waals surface area (Å²) >= 11 is 0. The third-order valence-electron chi connectivity index (χ3n) is 3.04. The van der Waals surface area contributed by atoms with Crippen molar-refractivity contribution in [2.45, 2.75) is 19.3 Å². The Morgan fingerprint density at radius 1 is 1.40 bits per heavy atom. The van der Waals surface area contributed by atoms with E-state index in [9.17, 15) is 5.26 Å². The predicted molar refractivity (Wildman–Crippen MR) is 58.1 cm³/mol. The number of rotatable bonds is 2. The van der Waals surface area contributed by atoms with Gasteiger partial charge in [-0.15, -0.1) is 0 Å². The minimum atomic E-state index is -0.195. The van der Waals surface area contributed by atoms with E-state index in [2.05, 4.69) is 16.4 Å². The molecule has 0 atom stereocenters. The molecule has 1 saturated heterocycles. The van der Waals surface area contributed by atoms with E-state index in [4.69, 9.17) is 0 Å². The van der Waals surface area contributed by atoms with E-state index in [-0.39, 0.29) is 5.41 Å². The summed E-state index contributed by atoms with van der Waals surface area (Å²) in [6.07, 6.45) is 4.44. The lowest BCUT2D eigenvalue weighted by Crippen LogP contribution is -2.37. The van der Waals surface area contributed by atoms with Gasteiger partial charge in [0, 0.05) is 18.3 Å². The number of nitrogens with zero attached hydrogens (tertiary/aromatic N) is 2. The molecule has 2 heterocycles. The molecule has 1 aromatic rings. The maximum absolute atomic E-state index is 9.30. The number of aromatic nitrogens is 1. The highest BCUT2D eigenvalue weighted by molar-refractivity contribution is 5.12. The number of nitriles is 1. The van der Waals surface area contributed by atoms with Gasteiger partial charge in [-0.05, 0) is 38.1 Å². The molecule has 0 bridgehead atoms. The summed E-state index contributed by atoms with van der Waals surface area (Å²) in [4.78, 5) is 4.29. The molecule has 1 aliphatic heterocycles. The Balaban J connectivity index is 2.12. The fourth-order valence-electron chi connectivity index (χ4n) is 2.08. The molecular weight excluding hydrogens is 186 g/mol. The van der Waals surface area contributed by atoms with Crippen LogP contribution in [0.3, 0.4) is 0 Å².